The van der Waals surface area contributed by atoms with Crippen LogP contribution in [0.5, 0.6) is 0 Å². The Bertz CT molecular complexity index is 160. The SMILES string of the molecule is CC(C)[N-]C(C)C.C[Si](C)(C)[N-][Si](C)(C)C.[Li+].[Na+]. The molecule has 0 aliphatic carbocycles. The largest absolute Gasteiger partial charge is 1.00 e. The van der Waals surface area contributed by atoms with E-state index < -0.39 is 16.5 Å². The maximum atomic E-state index is 4.82. The molecule has 2 nitrogen and oxygen atoms in total. The molecule has 18 heavy (non-hydrogen) atoms. The van der Waals surface area contributed by atoms with Crippen LogP contribution in [0.1, 0.15) is 27.7 Å². The first-order chi connectivity index (χ1) is 6.83. The Balaban J connectivity index is -0.000000100. The zero-order valence-electron chi connectivity index (χ0n) is 15.0. The maximum Gasteiger partial charge on any atom is 1.00 e. The van der Waals surface area contributed by atoms with Crippen LogP contribution < -0.4 is 48.4 Å². The van der Waals surface area contributed by atoms with Crippen molar-refractivity contribution in [3.05, 3.63) is 9.96 Å². The summed E-state index contributed by atoms with van der Waals surface area (Å²) in [5.74, 6) is 0. The van der Waals surface area contributed by atoms with Crippen molar-refractivity contribution in [3.8, 4) is 0 Å². The second kappa shape index (κ2) is 12.7. The Kier molecular flexibility index (Phi) is 19.8. The van der Waals surface area contributed by atoms with Gasteiger partial charge in [0.1, 0.15) is 0 Å². The molecule has 0 amide bonds. The van der Waals surface area contributed by atoms with Gasteiger partial charge in [0, 0.05) is 0 Å². The predicted octanol–water partition coefficient (Wildman–Crippen LogP) is -0.785. The summed E-state index contributed by atoms with van der Waals surface area (Å²) >= 11 is 0. The molecule has 0 spiro atoms. The second-order valence-corrected chi connectivity index (χ2v) is 16.4. The van der Waals surface area contributed by atoms with Gasteiger partial charge in [-0.1, -0.05) is 83.4 Å². The summed E-state index contributed by atoms with van der Waals surface area (Å²) in [7, 11) is -2.21. The van der Waals surface area contributed by atoms with Gasteiger partial charge in [-0.2, -0.15) is 0 Å². The molecule has 0 radical (unpaired) electrons. The Morgan fingerprint density at radius 3 is 0.889 bits per heavy atom. The number of hydrogen-bond acceptors (Lipinski definition) is 0. The van der Waals surface area contributed by atoms with Crippen molar-refractivity contribution in [3.63, 3.8) is 0 Å². The van der Waals surface area contributed by atoms with Gasteiger partial charge in [0.15, 0.2) is 0 Å². The van der Waals surface area contributed by atoms with Crippen LogP contribution >= 0.6 is 0 Å². The molecule has 0 N–H and O–H groups in total. The van der Waals surface area contributed by atoms with E-state index in [2.05, 4.69) is 72.3 Å². The molecule has 0 rings (SSSR count). The van der Waals surface area contributed by atoms with Gasteiger partial charge in [0.2, 0.25) is 0 Å². The molecule has 0 unspecified atom stereocenters. The summed E-state index contributed by atoms with van der Waals surface area (Å²) in [6.45, 7) is 22.2. The second-order valence-electron chi connectivity index (χ2n) is 6.79. The minimum atomic E-state index is -1.11. The van der Waals surface area contributed by atoms with E-state index in [-0.39, 0.29) is 48.4 Å². The smallest absolute Gasteiger partial charge is 0.668 e. The number of rotatable bonds is 4. The molecular weight excluding hydrogens is 258 g/mol. The van der Waals surface area contributed by atoms with E-state index >= 15 is 0 Å². The van der Waals surface area contributed by atoms with Gasteiger partial charge < -0.3 is 9.96 Å². The summed E-state index contributed by atoms with van der Waals surface area (Å²) in [6, 6.07) is 1.000. The summed E-state index contributed by atoms with van der Waals surface area (Å²) in [4.78, 5) is 0. The van der Waals surface area contributed by atoms with Gasteiger partial charge in [-0.3, -0.25) is 0 Å². The van der Waals surface area contributed by atoms with Crippen molar-refractivity contribution in [2.75, 3.05) is 0 Å². The topological polar surface area (TPSA) is 28.2 Å². The Morgan fingerprint density at radius 1 is 0.667 bits per heavy atom. The van der Waals surface area contributed by atoms with E-state index in [4.69, 9.17) is 4.65 Å². The average Bonchev–Trinajstić information content (AvgIpc) is 1.72. The Labute approximate surface area is 152 Å². The molecule has 0 aliphatic rings. The first-order valence-corrected chi connectivity index (χ1v) is 13.2. The summed E-state index contributed by atoms with van der Waals surface area (Å²) in [6.07, 6.45) is 0. The summed E-state index contributed by atoms with van der Waals surface area (Å²) < 4.78 is 4.82. The molecule has 100 valence electrons. The van der Waals surface area contributed by atoms with Crippen molar-refractivity contribution in [2.24, 2.45) is 0 Å². The third-order valence-corrected chi connectivity index (χ3v) is 6.63. The molecule has 0 aromatic heterocycles. The Hall–Kier alpha value is 1.95. The normalized spacial score (nSPS) is 11.3. The van der Waals surface area contributed by atoms with Crippen LogP contribution in [0.25, 0.3) is 9.96 Å². The van der Waals surface area contributed by atoms with Crippen LogP contribution in [-0.4, -0.2) is 28.6 Å². The predicted molar refractivity (Wildman–Crippen MR) is 83.7 cm³/mol. The first kappa shape index (κ1) is 28.2. The molecule has 0 aromatic carbocycles. The van der Waals surface area contributed by atoms with Crippen molar-refractivity contribution < 1.29 is 48.4 Å². The van der Waals surface area contributed by atoms with E-state index in [0.717, 1.165) is 0 Å². The van der Waals surface area contributed by atoms with E-state index in [1.165, 1.54) is 0 Å². The van der Waals surface area contributed by atoms with Crippen LogP contribution in [-0.2, 0) is 0 Å². The monoisotopic (exact) mass is 290 g/mol. The summed E-state index contributed by atoms with van der Waals surface area (Å²) in [5.41, 5.74) is 0. The van der Waals surface area contributed by atoms with Crippen molar-refractivity contribution >= 4 is 16.5 Å². The average molecular weight is 291 g/mol. The molecule has 0 saturated heterocycles. The van der Waals surface area contributed by atoms with Crippen LogP contribution in [0.15, 0.2) is 0 Å². The molecule has 0 saturated carbocycles. The van der Waals surface area contributed by atoms with Crippen molar-refractivity contribution in [1.82, 2.24) is 0 Å². The minimum Gasteiger partial charge on any atom is -0.668 e. The molecule has 0 heterocycles. The van der Waals surface area contributed by atoms with Gasteiger partial charge in [-0.15, -0.1) is 12.1 Å². The van der Waals surface area contributed by atoms with Crippen LogP contribution in [0.4, 0.5) is 0 Å². The molecule has 0 aromatic rings. The third kappa shape index (κ3) is 36.1. The van der Waals surface area contributed by atoms with Crippen LogP contribution in [0, 0.1) is 0 Å². The van der Waals surface area contributed by atoms with E-state index in [1.807, 2.05) is 0 Å². The zero-order chi connectivity index (χ0) is 13.6. The molecular formula is C12H32LiN2NaSi2. The van der Waals surface area contributed by atoms with Gasteiger partial charge >= 0.3 is 48.4 Å². The summed E-state index contributed by atoms with van der Waals surface area (Å²) in [5, 5.41) is 4.28. The fraction of sp³-hybridized carbons (Fsp3) is 1.00. The van der Waals surface area contributed by atoms with Crippen molar-refractivity contribution in [2.45, 2.75) is 79.1 Å². The van der Waals surface area contributed by atoms with E-state index in [1.54, 1.807) is 0 Å². The van der Waals surface area contributed by atoms with Crippen molar-refractivity contribution in [1.29, 1.82) is 0 Å². The fourth-order valence-electron chi connectivity index (χ4n) is 1.60. The van der Waals surface area contributed by atoms with Gasteiger partial charge in [-0.25, -0.2) is 0 Å². The molecule has 6 heteroatoms. The van der Waals surface area contributed by atoms with Gasteiger partial charge in [-0.05, 0) is 0 Å². The molecule has 0 bridgehead atoms. The van der Waals surface area contributed by atoms with Gasteiger partial charge in [0.05, 0.1) is 0 Å². The third-order valence-electron chi connectivity index (χ3n) is 1.27. The molecule has 0 aliphatic heterocycles. The van der Waals surface area contributed by atoms with Gasteiger partial charge in [0.25, 0.3) is 0 Å². The number of hydrogen-bond donors (Lipinski definition) is 0. The minimum absolute atomic E-state index is 0. The Morgan fingerprint density at radius 2 is 0.889 bits per heavy atom. The zero-order valence-corrected chi connectivity index (χ0v) is 19.0. The van der Waals surface area contributed by atoms with Crippen LogP contribution in [0.2, 0.25) is 39.3 Å². The van der Waals surface area contributed by atoms with E-state index in [0.29, 0.717) is 12.1 Å². The maximum absolute atomic E-state index is 4.82. The van der Waals surface area contributed by atoms with Crippen LogP contribution in [0.3, 0.4) is 0 Å². The molecule has 0 fully saturated rings. The molecule has 0 atom stereocenters. The van der Waals surface area contributed by atoms with E-state index in [9.17, 15) is 0 Å². The fourth-order valence-corrected chi connectivity index (χ4v) is 9.65. The number of nitrogens with zero attached hydrogens (tertiary/aromatic N) is 2. The quantitative estimate of drug-likeness (QED) is 0.608. The standard InChI is InChI=1S/C6H18NSi2.C6H14N.Li.Na/c1-8(2,3)7-9(4,5)6;1-5(2)7-6(3)4;;/h1-6H3;5-6H,1-4H3;;/q2*-1;2*+1. The first-order valence-electron chi connectivity index (χ1n) is 6.27.